The minimum Gasteiger partial charge on any atom is -0.378 e. The Morgan fingerprint density at radius 2 is 1.93 bits per heavy atom. The van der Waals surface area contributed by atoms with E-state index in [9.17, 15) is 18.0 Å². The van der Waals surface area contributed by atoms with Gasteiger partial charge in [0.15, 0.2) is 0 Å². The molecule has 0 saturated carbocycles. The minimum atomic E-state index is -4.52. The van der Waals surface area contributed by atoms with Gasteiger partial charge < -0.3 is 19.9 Å². The summed E-state index contributed by atoms with van der Waals surface area (Å²) in [5.74, 6) is 0.201. The number of nitrogens with zero attached hydrogens (tertiary/aromatic N) is 2. The number of nitrogens with one attached hydrogen (secondary N) is 2. The topological polar surface area (TPSA) is 70.2 Å². The molecule has 0 unspecified atom stereocenters. The molecular weight excluding hydrogens is 373 g/mol. The Morgan fingerprint density at radius 1 is 1.14 bits per heavy atom. The summed E-state index contributed by atoms with van der Waals surface area (Å²) in [6, 6.07) is 7.40. The number of rotatable bonds is 3. The summed E-state index contributed by atoms with van der Waals surface area (Å²) < 4.78 is 46.3. The lowest BCUT2D eigenvalue weighted by Gasteiger charge is -2.31. The zero-order chi connectivity index (χ0) is 19.7. The van der Waals surface area contributed by atoms with Crippen LogP contribution in [-0.4, -0.2) is 36.3 Å². The largest absolute Gasteiger partial charge is 0.418 e. The molecule has 1 aliphatic rings. The fraction of sp³-hybridized carbons (Fsp3) is 0.263. The second-order valence-electron chi connectivity index (χ2n) is 6.38. The van der Waals surface area contributed by atoms with Crippen LogP contribution in [0.3, 0.4) is 0 Å². The van der Waals surface area contributed by atoms with Gasteiger partial charge in [-0.1, -0.05) is 0 Å². The highest BCUT2D eigenvalue weighted by Gasteiger charge is 2.35. The fourth-order valence-corrected chi connectivity index (χ4v) is 3.29. The molecule has 2 N–H and O–H groups in total. The summed E-state index contributed by atoms with van der Waals surface area (Å²) in [5.41, 5.74) is -0.791. The van der Waals surface area contributed by atoms with Crippen molar-refractivity contribution in [3.05, 3.63) is 58.6 Å². The maximum Gasteiger partial charge on any atom is 0.418 e. The number of benzene rings is 1. The van der Waals surface area contributed by atoms with E-state index in [-0.39, 0.29) is 28.1 Å². The third-order valence-corrected chi connectivity index (χ3v) is 4.60. The number of aromatic amines is 1. The molecule has 0 aliphatic carbocycles. The molecule has 9 heteroatoms. The van der Waals surface area contributed by atoms with Crippen molar-refractivity contribution in [3.63, 3.8) is 0 Å². The molecule has 0 amide bonds. The number of pyridine rings is 2. The number of hydrogen-bond acceptors (Lipinski definition) is 5. The zero-order valence-electron chi connectivity index (χ0n) is 14.7. The van der Waals surface area contributed by atoms with Gasteiger partial charge in [-0.3, -0.25) is 4.79 Å². The first-order valence-corrected chi connectivity index (χ1v) is 8.71. The molecule has 6 nitrogen and oxygen atoms in total. The van der Waals surface area contributed by atoms with Crippen LogP contribution in [0.25, 0.3) is 10.8 Å². The van der Waals surface area contributed by atoms with Gasteiger partial charge in [0.2, 0.25) is 0 Å². The number of aromatic nitrogens is 2. The van der Waals surface area contributed by atoms with E-state index in [1.807, 2.05) is 0 Å². The lowest BCUT2D eigenvalue weighted by Crippen LogP contribution is -2.37. The van der Waals surface area contributed by atoms with Gasteiger partial charge in [-0.2, -0.15) is 13.2 Å². The molecule has 2 aromatic heterocycles. The molecular formula is C19H17F3N4O2. The third-order valence-electron chi connectivity index (χ3n) is 4.60. The summed E-state index contributed by atoms with van der Waals surface area (Å²) in [4.78, 5) is 20.5. The molecule has 28 heavy (non-hydrogen) atoms. The lowest BCUT2D eigenvalue weighted by atomic mass is 10.1. The molecule has 0 atom stereocenters. The number of ether oxygens (including phenoxy) is 1. The molecule has 3 heterocycles. The quantitative estimate of drug-likeness (QED) is 0.716. The van der Waals surface area contributed by atoms with Gasteiger partial charge in [0.05, 0.1) is 24.2 Å². The zero-order valence-corrected chi connectivity index (χ0v) is 14.7. The third kappa shape index (κ3) is 3.53. The van der Waals surface area contributed by atoms with E-state index >= 15 is 0 Å². The van der Waals surface area contributed by atoms with E-state index in [0.717, 1.165) is 6.07 Å². The van der Waals surface area contributed by atoms with Crippen molar-refractivity contribution in [2.24, 2.45) is 0 Å². The van der Waals surface area contributed by atoms with Crippen molar-refractivity contribution in [1.29, 1.82) is 0 Å². The van der Waals surface area contributed by atoms with Crippen LogP contribution < -0.4 is 15.8 Å². The molecule has 1 aliphatic heterocycles. The smallest absolute Gasteiger partial charge is 0.378 e. The van der Waals surface area contributed by atoms with E-state index in [1.165, 1.54) is 18.5 Å². The van der Waals surface area contributed by atoms with Crippen molar-refractivity contribution in [2.45, 2.75) is 6.18 Å². The molecule has 4 rings (SSSR count). The summed E-state index contributed by atoms with van der Waals surface area (Å²) in [6.45, 7) is 1.58. The molecule has 0 spiro atoms. The molecule has 146 valence electrons. The van der Waals surface area contributed by atoms with Gasteiger partial charge >= 0.3 is 6.18 Å². The number of fused-ring (bicyclic) bond motifs is 1. The molecule has 1 saturated heterocycles. The van der Waals surface area contributed by atoms with Crippen molar-refractivity contribution in [2.75, 3.05) is 36.5 Å². The van der Waals surface area contributed by atoms with E-state index in [1.54, 1.807) is 23.1 Å². The van der Waals surface area contributed by atoms with Crippen molar-refractivity contribution in [1.82, 2.24) is 9.97 Å². The number of alkyl halides is 3. The highest BCUT2D eigenvalue weighted by Crippen LogP contribution is 2.39. The number of anilines is 3. The average molecular weight is 390 g/mol. The minimum absolute atomic E-state index is 0.116. The average Bonchev–Trinajstić information content (AvgIpc) is 2.68. The van der Waals surface area contributed by atoms with Crippen LogP contribution in [0, 0.1) is 0 Å². The maximum absolute atomic E-state index is 13.7. The maximum atomic E-state index is 13.7. The summed E-state index contributed by atoms with van der Waals surface area (Å²) >= 11 is 0. The summed E-state index contributed by atoms with van der Waals surface area (Å²) in [7, 11) is 0. The first-order chi connectivity index (χ1) is 13.4. The number of halogens is 3. The van der Waals surface area contributed by atoms with Gasteiger partial charge in [0.25, 0.3) is 5.56 Å². The van der Waals surface area contributed by atoms with Crippen LogP contribution >= 0.6 is 0 Å². The van der Waals surface area contributed by atoms with Crippen LogP contribution in [0.4, 0.5) is 30.4 Å². The van der Waals surface area contributed by atoms with Crippen molar-refractivity contribution < 1.29 is 17.9 Å². The predicted octanol–water partition coefficient (Wildman–Crippen LogP) is 3.52. The highest BCUT2D eigenvalue weighted by molar-refractivity contribution is 5.92. The van der Waals surface area contributed by atoms with Gasteiger partial charge in [-0.05, 0) is 35.7 Å². The van der Waals surface area contributed by atoms with Gasteiger partial charge in [0.1, 0.15) is 5.82 Å². The Kier molecular flexibility index (Phi) is 4.68. The van der Waals surface area contributed by atoms with Crippen LogP contribution in [0.1, 0.15) is 5.56 Å². The molecule has 1 aromatic carbocycles. The Balaban J connectivity index is 1.75. The Hall–Kier alpha value is -3.07. The Morgan fingerprint density at radius 3 is 2.68 bits per heavy atom. The summed E-state index contributed by atoms with van der Waals surface area (Å²) in [6.07, 6.45) is -1.51. The fourth-order valence-electron chi connectivity index (χ4n) is 3.29. The van der Waals surface area contributed by atoms with E-state index < -0.39 is 11.7 Å². The van der Waals surface area contributed by atoms with Crippen LogP contribution in [-0.2, 0) is 10.9 Å². The second-order valence-corrected chi connectivity index (χ2v) is 6.38. The second kappa shape index (κ2) is 7.16. The highest BCUT2D eigenvalue weighted by atomic mass is 19.4. The van der Waals surface area contributed by atoms with Crippen molar-refractivity contribution >= 4 is 28.0 Å². The van der Waals surface area contributed by atoms with Gasteiger partial charge in [-0.15, -0.1) is 0 Å². The van der Waals surface area contributed by atoms with Crippen LogP contribution in [0.5, 0.6) is 0 Å². The molecule has 0 radical (unpaired) electrons. The number of H-pyrrole nitrogens is 1. The predicted molar refractivity (Wildman–Crippen MR) is 100 cm³/mol. The van der Waals surface area contributed by atoms with Crippen LogP contribution in [0.2, 0.25) is 0 Å². The van der Waals surface area contributed by atoms with E-state index in [4.69, 9.17) is 4.74 Å². The first-order valence-electron chi connectivity index (χ1n) is 8.71. The Labute approximate surface area is 158 Å². The lowest BCUT2D eigenvalue weighted by molar-refractivity contribution is -0.137. The van der Waals surface area contributed by atoms with E-state index in [0.29, 0.717) is 31.7 Å². The molecule has 1 fully saturated rings. The molecule has 0 bridgehead atoms. The normalized spacial score (nSPS) is 15.0. The monoisotopic (exact) mass is 390 g/mol. The number of hydrogen-bond donors (Lipinski definition) is 2. The first kappa shape index (κ1) is 18.3. The number of morpholine rings is 1. The molecule has 3 aromatic rings. The van der Waals surface area contributed by atoms with E-state index in [2.05, 4.69) is 15.3 Å². The Bertz CT molecular complexity index is 1050. The standard InChI is InChI=1S/C19H17F3N4O2/c20-19(21,22)14-11-13(1-2-15(14)26-7-9-28-10-8-26)25-17-16-12(3-5-23-17)4-6-24-18(16)27/h1-6,11H,7-10H2,(H,23,25)(H,24,27). The van der Waals surface area contributed by atoms with Gasteiger partial charge in [-0.25, -0.2) is 4.98 Å². The van der Waals surface area contributed by atoms with Crippen molar-refractivity contribution in [3.8, 4) is 0 Å². The summed E-state index contributed by atoms with van der Waals surface area (Å²) in [5, 5.41) is 3.78. The van der Waals surface area contributed by atoms with Crippen LogP contribution in [0.15, 0.2) is 47.5 Å². The SMILES string of the molecule is O=c1[nH]ccc2ccnc(Nc3ccc(N4CCOCC4)c(C(F)(F)F)c3)c12. The van der Waals surface area contributed by atoms with Gasteiger partial charge in [0, 0.05) is 36.9 Å².